The summed E-state index contributed by atoms with van der Waals surface area (Å²) in [6, 6.07) is 3.27. The third kappa shape index (κ3) is 5.23. The monoisotopic (exact) mass is 435 g/mol. The first-order valence-electron chi connectivity index (χ1n) is 9.45. The first-order chi connectivity index (χ1) is 12.4. The van der Waals surface area contributed by atoms with Gasteiger partial charge in [0.2, 0.25) is 0 Å². The van der Waals surface area contributed by atoms with Gasteiger partial charge < -0.3 is 10.2 Å². The summed E-state index contributed by atoms with van der Waals surface area (Å²) in [4.78, 5) is 15.1. The van der Waals surface area contributed by atoms with Crippen LogP contribution >= 0.6 is 23.7 Å². The Morgan fingerprint density at radius 1 is 1.15 bits per heavy atom. The molecule has 1 amide bonds. The average Bonchev–Trinajstić information content (AvgIpc) is 3.13. The number of carbonyl (C=O) groups excluding carboxylic acids is 1. The molecular formula is C18H30ClN3O3S2. The van der Waals surface area contributed by atoms with Crippen LogP contribution in [0.5, 0.6) is 0 Å². The third-order valence-electron chi connectivity index (χ3n) is 5.52. The topological polar surface area (TPSA) is 69.7 Å². The Kier molecular flexibility index (Phi) is 8.12. The number of sulfonamides is 1. The van der Waals surface area contributed by atoms with Gasteiger partial charge in [-0.15, -0.1) is 23.7 Å². The predicted octanol–water partition coefficient (Wildman–Crippen LogP) is 2.66. The van der Waals surface area contributed by atoms with E-state index in [1.54, 1.807) is 16.4 Å². The molecule has 2 fully saturated rings. The molecule has 0 aliphatic carbocycles. The molecule has 3 heterocycles. The Morgan fingerprint density at radius 3 is 2.37 bits per heavy atom. The van der Waals surface area contributed by atoms with Gasteiger partial charge in [-0.1, -0.05) is 6.92 Å². The largest absolute Gasteiger partial charge is 0.338 e. The summed E-state index contributed by atoms with van der Waals surface area (Å²) in [6.45, 7) is 5.78. The van der Waals surface area contributed by atoms with E-state index >= 15 is 0 Å². The van der Waals surface area contributed by atoms with E-state index in [2.05, 4.69) is 12.2 Å². The molecule has 0 atom stereocenters. The first-order valence-corrected chi connectivity index (χ1v) is 11.7. The zero-order valence-electron chi connectivity index (χ0n) is 16.0. The Morgan fingerprint density at radius 2 is 1.78 bits per heavy atom. The first kappa shape index (κ1) is 22.6. The Bertz CT molecular complexity index is 722. The lowest BCUT2D eigenvalue weighted by Crippen LogP contribution is -2.40. The molecule has 1 aromatic heterocycles. The zero-order valence-corrected chi connectivity index (χ0v) is 18.5. The van der Waals surface area contributed by atoms with Gasteiger partial charge in [-0.3, -0.25) is 4.79 Å². The van der Waals surface area contributed by atoms with Crippen molar-refractivity contribution in [2.75, 3.05) is 39.8 Å². The molecule has 1 aromatic rings. The number of piperidine rings is 2. The molecule has 0 spiro atoms. The summed E-state index contributed by atoms with van der Waals surface area (Å²) >= 11 is 1.11. The number of halogens is 1. The van der Waals surface area contributed by atoms with E-state index in [0.29, 0.717) is 34.0 Å². The molecule has 0 bridgehead atoms. The van der Waals surface area contributed by atoms with Crippen LogP contribution in [0.1, 0.15) is 42.3 Å². The highest BCUT2D eigenvalue weighted by atomic mass is 35.5. The Balaban J connectivity index is 0.00000261. The molecule has 1 N–H and O–H groups in total. The molecule has 0 aromatic carbocycles. The van der Waals surface area contributed by atoms with Crippen molar-refractivity contribution < 1.29 is 13.2 Å². The van der Waals surface area contributed by atoms with Crippen molar-refractivity contribution in [1.29, 1.82) is 0 Å². The summed E-state index contributed by atoms with van der Waals surface area (Å²) in [6.07, 6.45) is 3.79. The van der Waals surface area contributed by atoms with Gasteiger partial charge in [-0.25, -0.2) is 8.42 Å². The second-order valence-electron chi connectivity index (χ2n) is 7.50. The molecular weight excluding hydrogens is 406 g/mol. The summed E-state index contributed by atoms with van der Waals surface area (Å²) in [7, 11) is -1.52. The minimum atomic E-state index is -3.47. The highest BCUT2D eigenvalue weighted by Gasteiger charge is 2.31. The van der Waals surface area contributed by atoms with Crippen LogP contribution in [0.3, 0.4) is 0 Å². The molecule has 0 saturated carbocycles. The summed E-state index contributed by atoms with van der Waals surface area (Å²) in [5.41, 5.74) is 0. The fourth-order valence-electron chi connectivity index (χ4n) is 3.71. The van der Waals surface area contributed by atoms with Crippen molar-refractivity contribution in [3.63, 3.8) is 0 Å². The minimum Gasteiger partial charge on any atom is -0.338 e. The zero-order chi connectivity index (χ0) is 18.7. The molecule has 27 heavy (non-hydrogen) atoms. The minimum absolute atomic E-state index is 0. The van der Waals surface area contributed by atoms with Crippen LogP contribution in [0.15, 0.2) is 16.3 Å². The predicted molar refractivity (Wildman–Crippen MR) is 111 cm³/mol. The van der Waals surface area contributed by atoms with Crippen LogP contribution in [-0.4, -0.2) is 63.3 Å². The molecule has 3 rings (SSSR count). The number of nitrogens with zero attached hydrogens (tertiary/aromatic N) is 2. The summed E-state index contributed by atoms with van der Waals surface area (Å²) in [5, 5.41) is 3.19. The number of hydrogen-bond donors (Lipinski definition) is 1. The maximum Gasteiger partial charge on any atom is 0.263 e. The van der Waals surface area contributed by atoms with E-state index in [4.69, 9.17) is 0 Å². The van der Waals surface area contributed by atoms with Crippen molar-refractivity contribution in [2.24, 2.45) is 11.8 Å². The quantitative estimate of drug-likeness (QED) is 0.771. The van der Waals surface area contributed by atoms with Crippen molar-refractivity contribution in [3.8, 4) is 0 Å². The van der Waals surface area contributed by atoms with Gasteiger partial charge in [0.15, 0.2) is 0 Å². The maximum atomic E-state index is 12.8. The van der Waals surface area contributed by atoms with E-state index in [1.165, 1.54) is 0 Å². The maximum absolute atomic E-state index is 12.8. The van der Waals surface area contributed by atoms with Crippen LogP contribution in [0, 0.1) is 11.8 Å². The number of likely N-dealkylation sites (tertiary alicyclic amines) is 1. The lowest BCUT2D eigenvalue weighted by molar-refractivity contribution is 0.0696. The van der Waals surface area contributed by atoms with Gasteiger partial charge >= 0.3 is 0 Å². The van der Waals surface area contributed by atoms with Crippen LogP contribution in [-0.2, 0) is 10.0 Å². The van der Waals surface area contributed by atoms with Gasteiger partial charge in [0, 0.05) is 26.2 Å². The molecule has 0 radical (unpaired) electrons. The van der Waals surface area contributed by atoms with Gasteiger partial charge in [0.25, 0.3) is 15.9 Å². The molecule has 9 heteroatoms. The standard InChI is InChI=1S/C18H29N3O3S2.ClH/c1-14-5-11-21(12-6-14)26(23,24)17-4-3-16(25-17)18(22)20-9-7-15(8-10-20)13-19-2;/h3-4,14-15,19H,5-13H2,1-2H3;1H. The SMILES string of the molecule is CNCC1CCN(C(=O)c2ccc(S(=O)(=O)N3CCC(C)CC3)s2)CC1.Cl. The number of thiophene rings is 1. The molecule has 154 valence electrons. The lowest BCUT2D eigenvalue weighted by Gasteiger charge is -2.31. The van der Waals surface area contributed by atoms with Crippen molar-refractivity contribution in [1.82, 2.24) is 14.5 Å². The second kappa shape index (κ2) is 9.69. The normalized spacial score (nSPS) is 20.4. The fourth-order valence-corrected chi connectivity index (χ4v) is 6.61. The lowest BCUT2D eigenvalue weighted by atomic mass is 9.97. The molecule has 6 nitrogen and oxygen atoms in total. The van der Waals surface area contributed by atoms with E-state index in [0.717, 1.165) is 56.7 Å². The Labute approximate surface area is 172 Å². The third-order valence-corrected chi connectivity index (χ3v) is 8.96. The number of amides is 1. The number of nitrogens with one attached hydrogen (secondary N) is 1. The van der Waals surface area contributed by atoms with Crippen LogP contribution in [0.4, 0.5) is 0 Å². The average molecular weight is 436 g/mol. The van der Waals surface area contributed by atoms with Crippen LogP contribution < -0.4 is 5.32 Å². The highest BCUT2D eigenvalue weighted by molar-refractivity contribution is 7.91. The van der Waals surface area contributed by atoms with E-state index in [-0.39, 0.29) is 18.3 Å². The van der Waals surface area contributed by atoms with E-state index < -0.39 is 10.0 Å². The van der Waals surface area contributed by atoms with Crippen molar-refractivity contribution in [3.05, 3.63) is 17.0 Å². The fraction of sp³-hybridized carbons (Fsp3) is 0.722. The molecule has 0 unspecified atom stereocenters. The van der Waals surface area contributed by atoms with Crippen molar-refractivity contribution in [2.45, 2.75) is 36.8 Å². The van der Waals surface area contributed by atoms with Crippen LogP contribution in [0.25, 0.3) is 0 Å². The van der Waals surface area contributed by atoms with E-state index in [9.17, 15) is 13.2 Å². The van der Waals surface area contributed by atoms with Gasteiger partial charge in [-0.05, 0) is 63.2 Å². The molecule has 2 saturated heterocycles. The smallest absolute Gasteiger partial charge is 0.263 e. The molecule has 2 aliphatic rings. The number of rotatable bonds is 5. The number of hydrogen-bond acceptors (Lipinski definition) is 5. The molecule has 2 aliphatic heterocycles. The highest BCUT2D eigenvalue weighted by Crippen LogP contribution is 2.29. The second-order valence-corrected chi connectivity index (χ2v) is 10.7. The van der Waals surface area contributed by atoms with E-state index in [1.807, 2.05) is 11.9 Å². The van der Waals surface area contributed by atoms with Gasteiger partial charge in [-0.2, -0.15) is 4.31 Å². The summed E-state index contributed by atoms with van der Waals surface area (Å²) < 4.78 is 27.5. The van der Waals surface area contributed by atoms with Gasteiger partial charge in [0.1, 0.15) is 4.21 Å². The number of carbonyl (C=O) groups is 1. The van der Waals surface area contributed by atoms with Gasteiger partial charge in [0.05, 0.1) is 4.88 Å². The van der Waals surface area contributed by atoms with Crippen LogP contribution in [0.2, 0.25) is 0 Å². The Hall–Kier alpha value is -0.670. The summed E-state index contributed by atoms with van der Waals surface area (Å²) in [5.74, 6) is 1.16. The van der Waals surface area contributed by atoms with Crippen molar-refractivity contribution >= 4 is 39.7 Å².